The molecule has 0 bridgehead atoms. The van der Waals surface area contributed by atoms with E-state index < -0.39 is 0 Å². The van der Waals surface area contributed by atoms with Gasteiger partial charge in [0.25, 0.3) is 0 Å². The fraction of sp³-hybridized carbons (Fsp3) is 1.00. The van der Waals surface area contributed by atoms with Crippen molar-refractivity contribution in [2.24, 2.45) is 22.9 Å². The van der Waals surface area contributed by atoms with E-state index in [0.29, 0.717) is 26.2 Å². The molecule has 72 valence electrons. The minimum absolute atomic E-state index is 0. The Hall–Kier alpha value is 1.22. The molecule has 0 unspecified atom stereocenters. The molecule has 0 aromatic carbocycles. The van der Waals surface area contributed by atoms with Gasteiger partial charge in [-0.3, -0.25) is 0 Å². The summed E-state index contributed by atoms with van der Waals surface area (Å²) in [6, 6.07) is 0. The van der Waals surface area contributed by atoms with Crippen molar-refractivity contribution in [1.82, 2.24) is 0 Å². The van der Waals surface area contributed by atoms with E-state index in [0.717, 1.165) is 0 Å². The van der Waals surface area contributed by atoms with Gasteiger partial charge in [-0.05, 0) is 0 Å². The van der Waals surface area contributed by atoms with Crippen molar-refractivity contribution in [3.63, 3.8) is 0 Å². The van der Waals surface area contributed by atoms with Gasteiger partial charge in [0.2, 0.25) is 0 Å². The van der Waals surface area contributed by atoms with Gasteiger partial charge in [-0.25, -0.2) is 0 Å². The third-order valence-corrected chi connectivity index (χ3v) is 0.333. The Kier molecular flexibility index (Phi) is 71.7. The maximum atomic E-state index is 4.90. The van der Waals surface area contributed by atoms with Crippen LogP contribution >= 0.6 is 0 Å². The first kappa shape index (κ1) is 22.5. The predicted octanol–water partition coefficient (Wildman–Crippen LogP) is -2.20. The summed E-state index contributed by atoms with van der Waals surface area (Å²) in [5.41, 5.74) is 19.6. The fourth-order valence-electron chi connectivity index (χ4n) is 0. The molecule has 0 aliphatic rings. The molecule has 0 spiro atoms. The van der Waals surface area contributed by atoms with Crippen LogP contribution in [-0.2, 0) is 42.1 Å². The van der Waals surface area contributed by atoms with Gasteiger partial charge in [-0.1, -0.05) is 0 Å². The smallest absolute Gasteiger partial charge is 0.00461 e. The zero-order valence-corrected chi connectivity index (χ0v) is 10.3. The molecule has 0 saturated carbocycles. The Morgan fingerprint density at radius 1 is 0.500 bits per heavy atom. The second-order valence-electron chi connectivity index (χ2n) is 1.15. The Balaban J connectivity index is -0.0000000300. The third kappa shape index (κ3) is 60.1. The van der Waals surface area contributed by atoms with Crippen LogP contribution in [0.1, 0.15) is 0 Å². The molecule has 0 saturated heterocycles. The van der Waals surface area contributed by atoms with Crippen LogP contribution in [0.2, 0.25) is 0 Å². The van der Waals surface area contributed by atoms with E-state index in [1.807, 2.05) is 0 Å². The zero-order chi connectivity index (χ0) is 6.83. The summed E-state index contributed by atoms with van der Waals surface area (Å²) >= 11 is 0. The Bertz CT molecular complexity index is 23.2. The van der Waals surface area contributed by atoms with E-state index in [1.165, 1.54) is 0 Å². The summed E-state index contributed by atoms with van der Waals surface area (Å²) in [5.74, 6) is 0. The maximum Gasteiger partial charge on any atom is 0.00461 e. The summed E-state index contributed by atoms with van der Waals surface area (Å²) in [5, 5.41) is 0. The van der Waals surface area contributed by atoms with Gasteiger partial charge in [-0.2, -0.15) is 0 Å². The van der Waals surface area contributed by atoms with Crippen molar-refractivity contribution in [2.45, 2.75) is 0 Å². The molecule has 0 amide bonds. The van der Waals surface area contributed by atoms with Crippen LogP contribution in [0.15, 0.2) is 0 Å². The molecule has 0 fully saturated rings. The molecule has 0 aromatic rings. The third-order valence-electron chi connectivity index (χ3n) is 0.333. The van der Waals surface area contributed by atoms with E-state index in [-0.39, 0.29) is 42.1 Å². The average molecular weight is 510 g/mol. The second kappa shape index (κ2) is 31.9. The summed E-state index contributed by atoms with van der Waals surface area (Å²) in [4.78, 5) is 0. The van der Waals surface area contributed by atoms with Crippen LogP contribution in [0.25, 0.3) is 0 Å². The van der Waals surface area contributed by atoms with Gasteiger partial charge < -0.3 is 22.9 Å². The average Bonchev–Trinajstić information content (AvgIpc) is 1.88. The van der Waals surface area contributed by atoms with E-state index in [9.17, 15) is 0 Å². The summed E-state index contributed by atoms with van der Waals surface area (Å²) < 4.78 is 0. The van der Waals surface area contributed by atoms with Crippen LogP contribution in [0.5, 0.6) is 0 Å². The van der Waals surface area contributed by atoms with E-state index in [1.54, 1.807) is 0 Å². The van der Waals surface area contributed by atoms with Gasteiger partial charge in [-0.15, -0.1) is 0 Å². The molecular formula is C4H16N4Pt2. The van der Waals surface area contributed by atoms with Crippen molar-refractivity contribution < 1.29 is 42.1 Å². The van der Waals surface area contributed by atoms with Crippen LogP contribution in [-0.4, -0.2) is 26.2 Å². The van der Waals surface area contributed by atoms with Crippen molar-refractivity contribution in [3.05, 3.63) is 0 Å². The molecule has 0 heterocycles. The summed E-state index contributed by atoms with van der Waals surface area (Å²) in [6.45, 7) is 2.39. The molecule has 0 aliphatic heterocycles. The van der Waals surface area contributed by atoms with Crippen LogP contribution in [0, 0.1) is 0 Å². The number of hydrogen-bond acceptors (Lipinski definition) is 4. The molecular weight excluding hydrogens is 494 g/mol. The molecule has 0 aromatic heterocycles. The topological polar surface area (TPSA) is 104 Å². The van der Waals surface area contributed by atoms with Gasteiger partial charge in [0.15, 0.2) is 0 Å². The van der Waals surface area contributed by atoms with Crippen molar-refractivity contribution in [3.8, 4) is 0 Å². The van der Waals surface area contributed by atoms with E-state index in [4.69, 9.17) is 22.9 Å². The molecule has 8 N–H and O–H groups in total. The first-order valence-electron chi connectivity index (χ1n) is 2.63. The van der Waals surface area contributed by atoms with Crippen molar-refractivity contribution in [2.75, 3.05) is 26.2 Å². The second-order valence-corrected chi connectivity index (χ2v) is 1.15. The van der Waals surface area contributed by atoms with Crippen LogP contribution in [0.3, 0.4) is 0 Å². The number of hydrogen-bond donors (Lipinski definition) is 4. The van der Waals surface area contributed by atoms with Gasteiger partial charge in [0.05, 0.1) is 0 Å². The van der Waals surface area contributed by atoms with Gasteiger partial charge >= 0.3 is 0 Å². The molecule has 0 radical (unpaired) electrons. The van der Waals surface area contributed by atoms with Crippen molar-refractivity contribution >= 4 is 0 Å². The maximum absolute atomic E-state index is 4.90. The fourth-order valence-corrected chi connectivity index (χ4v) is 0. The predicted molar refractivity (Wildman–Crippen MR) is 36.2 cm³/mol. The van der Waals surface area contributed by atoms with Crippen LogP contribution in [0.4, 0.5) is 0 Å². The SMILES string of the molecule is NCCN.NCCN.[Pt].[Pt]. The normalized spacial score (nSPS) is 6.00. The Morgan fingerprint density at radius 2 is 0.600 bits per heavy atom. The zero-order valence-electron chi connectivity index (χ0n) is 5.77. The largest absolute Gasteiger partial charge is 0.329 e. The monoisotopic (exact) mass is 510 g/mol. The van der Waals surface area contributed by atoms with Gasteiger partial charge in [0, 0.05) is 68.3 Å². The van der Waals surface area contributed by atoms with E-state index >= 15 is 0 Å². The Morgan fingerprint density at radius 3 is 0.600 bits per heavy atom. The summed E-state index contributed by atoms with van der Waals surface area (Å²) in [6.07, 6.45) is 0. The minimum Gasteiger partial charge on any atom is -0.329 e. The molecule has 0 aliphatic carbocycles. The minimum atomic E-state index is 0. The van der Waals surface area contributed by atoms with Gasteiger partial charge in [0.1, 0.15) is 0 Å². The Labute approximate surface area is 91.0 Å². The molecule has 10 heavy (non-hydrogen) atoms. The molecule has 4 nitrogen and oxygen atoms in total. The summed E-state index contributed by atoms with van der Waals surface area (Å²) in [7, 11) is 0. The molecule has 6 heteroatoms. The van der Waals surface area contributed by atoms with E-state index in [2.05, 4.69) is 0 Å². The van der Waals surface area contributed by atoms with Crippen LogP contribution < -0.4 is 22.9 Å². The molecule has 0 rings (SSSR count). The molecule has 0 atom stereocenters. The number of nitrogens with two attached hydrogens (primary N) is 4. The first-order valence-corrected chi connectivity index (χ1v) is 2.63. The first-order chi connectivity index (χ1) is 3.83. The number of rotatable bonds is 2. The standard InChI is InChI=1S/2C2H8N2.2Pt/c2*3-1-2-4;;/h2*1-4H2;;. The quantitative estimate of drug-likeness (QED) is 0.339. The van der Waals surface area contributed by atoms with Crippen molar-refractivity contribution in [1.29, 1.82) is 0 Å².